The smallest absolute Gasteiger partial charge is 0.252 e. The van der Waals surface area contributed by atoms with E-state index < -0.39 is 0 Å². The lowest BCUT2D eigenvalue weighted by molar-refractivity contribution is 0.0901. The molecule has 100 valence electrons. The Balaban J connectivity index is 2.97. The van der Waals surface area contributed by atoms with Crippen LogP contribution in [0.2, 0.25) is 5.02 Å². The van der Waals surface area contributed by atoms with Gasteiger partial charge in [-0.2, -0.15) is 0 Å². The van der Waals surface area contributed by atoms with Crippen LogP contribution in [0.25, 0.3) is 0 Å². The SMILES string of the molecule is CCC(CC)(CCl)NC(=O)c1cc(Cl)ccc1I. The van der Waals surface area contributed by atoms with Crippen molar-refractivity contribution >= 4 is 51.7 Å². The summed E-state index contributed by atoms with van der Waals surface area (Å²) in [6, 6.07) is 5.29. The molecule has 0 saturated carbocycles. The normalized spacial score (nSPS) is 11.4. The van der Waals surface area contributed by atoms with Gasteiger partial charge in [0.05, 0.1) is 11.1 Å². The predicted octanol–water partition coefficient (Wildman–Crippen LogP) is 4.47. The molecular formula is C13H16Cl2INO. The lowest BCUT2D eigenvalue weighted by Gasteiger charge is -2.30. The number of benzene rings is 1. The molecule has 0 aliphatic heterocycles. The molecule has 0 fully saturated rings. The Hall–Kier alpha value is -0.000000000000000111. The summed E-state index contributed by atoms with van der Waals surface area (Å²) in [5.41, 5.74) is 0.254. The number of carbonyl (C=O) groups is 1. The molecule has 0 aliphatic rings. The van der Waals surface area contributed by atoms with E-state index in [1.807, 2.05) is 19.9 Å². The third-order valence-corrected chi connectivity index (χ3v) is 4.85. The fourth-order valence-electron chi connectivity index (χ4n) is 1.63. The number of nitrogens with one attached hydrogen (secondary N) is 1. The van der Waals surface area contributed by atoms with E-state index in [1.165, 1.54) is 0 Å². The predicted molar refractivity (Wildman–Crippen MR) is 85.7 cm³/mol. The largest absolute Gasteiger partial charge is 0.345 e. The Morgan fingerprint density at radius 1 is 1.39 bits per heavy atom. The molecule has 1 amide bonds. The quantitative estimate of drug-likeness (QED) is 0.574. The van der Waals surface area contributed by atoms with Crippen LogP contribution >= 0.6 is 45.8 Å². The van der Waals surface area contributed by atoms with Crippen molar-refractivity contribution in [2.45, 2.75) is 32.2 Å². The molecule has 0 spiro atoms. The number of amides is 1. The fraction of sp³-hybridized carbons (Fsp3) is 0.462. The summed E-state index contributed by atoms with van der Waals surface area (Å²) in [6.45, 7) is 4.05. The molecule has 0 heterocycles. The summed E-state index contributed by atoms with van der Waals surface area (Å²) in [7, 11) is 0. The zero-order chi connectivity index (χ0) is 13.8. The van der Waals surface area contributed by atoms with Crippen LogP contribution in [0.1, 0.15) is 37.0 Å². The minimum absolute atomic E-state index is 0.119. The zero-order valence-corrected chi connectivity index (χ0v) is 14.1. The molecule has 5 heteroatoms. The molecule has 0 radical (unpaired) electrons. The van der Waals surface area contributed by atoms with Crippen molar-refractivity contribution in [3.63, 3.8) is 0 Å². The third-order valence-electron chi connectivity index (χ3n) is 3.16. The molecule has 1 aromatic carbocycles. The van der Waals surface area contributed by atoms with E-state index in [2.05, 4.69) is 27.9 Å². The van der Waals surface area contributed by atoms with Gasteiger partial charge in [-0.15, -0.1) is 11.6 Å². The molecule has 0 bridgehead atoms. The number of hydrogen-bond donors (Lipinski definition) is 1. The molecule has 2 nitrogen and oxygen atoms in total. The van der Waals surface area contributed by atoms with Crippen LogP contribution < -0.4 is 5.32 Å². The van der Waals surface area contributed by atoms with Crippen molar-refractivity contribution in [3.8, 4) is 0 Å². The summed E-state index contributed by atoms with van der Waals surface area (Å²) >= 11 is 14.0. The lowest BCUT2D eigenvalue weighted by Crippen LogP contribution is -2.49. The highest BCUT2D eigenvalue weighted by Gasteiger charge is 2.28. The summed E-state index contributed by atoms with van der Waals surface area (Å²) in [5.74, 6) is 0.286. The lowest BCUT2D eigenvalue weighted by atomic mass is 9.94. The van der Waals surface area contributed by atoms with Crippen LogP contribution in [0.15, 0.2) is 18.2 Å². The van der Waals surface area contributed by atoms with Crippen molar-refractivity contribution in [1.82, 2.24) is 5.32 Å². The number of hydrogen-bond acceptors (Lipinski definition) is 1. The Bertz CT molecular complexity index is 425. The molecule has 1 N–H and O–H groups in total. The average Bonchev–Trinajstić information content (AvgIpc) is 2.38. The van der Waals surface area contributed by atoms with Crippen molar-refractivity contribution in [3.05, 3.63) is 32.4 Å². The van der Waals surface area contributed by atoms with Crippen LogP contribution in [0, 0.1) is 3.57 Å². The number of carbonyl (C=O) groups excluding carboxylic acids is 1. The van der Waals surface area contributed by atoms with Gasteiger partial charge in [-0.05, 0) is 53.6 Å². The molecule has 0 aromatic heterocycles. The minimum atomic E-state index is -0.343. The molecule has 0 unspecified atom stereocenters. The first-order chi connectivity index (χ1) is 8.48. The molecule has 0 aliphatic carbocycles. The number of rotatable bonds is 5. The van der Waals surface area contributed by atoms with Gasteiger partial charge < -0.3 is 5.32 Å². The Morgan fingerprint density at radius 3 is 2.50 bits per heavy atom. The van der Waals surface area contributed by atoms with Gasteiger partial charge in [0.25, 0.3) is 5.91 Å². The first-order valence-corrected chi connectivity index (χ1v) is 7.80. The van der Waals surface area contributed by atoms with Crippen LogP contribution in [0.4, 0.5) is 0 Å². The maximum absolute atomic E-state index is 12.3. The highest BCUT2D eigenvalue weighted by Crippen LogP contribution is 2.21. The third kappa shape index (κ3) is 3.75. The van der Waals surface area contributed by atoms with Gasteiger partial charge in [-0.25, -0.2) is 0 Å². The van der Waals surface area contributed by atoms with Crippen LogP contribution in [0.3, 0.4) is 0 Å². The number of halogens is 3. The highest BCUT2D eigenvalue weighted by molar-refractivity contribution is 14.1. The van der Waals surface area contributed by atoms with E-state index in [4.69, 9.17) is 23.2 Å². The summed E-state index contributed by atoms with van der Waals surface area (Å²) in [6.07, 6.45) is 1.60. The average molecular weight is 400 g/mol. The van der Waals surface area contributed by atoms with Gasteiger partial charge in [0.1, 0.15) is 0 Å². The Morgan fingerprint density at radius 2 is 2.00 bits per heavy atom. The van der Waals surface area contributed by atoms with Gasteiger partial charge in [0, 0.05) is 14.5 Å². The van der Waals surface area contributed by atoms with E-state index in [9.17, 15) is 4.79 Å². The maximum Gasteiger partial charge on any atom is 0.252 e. The van der Waals surface area contributed by atoms with Crippen LogP contribution in [-0.4, -0.2) is 17.3 Å². The van der Waals surface area contributed by atoms with E-state index in [1.54, 1.807) is 12.1 Å². The van der Waals surface area contributed by atoms with Crippen molar-refractivity contribution < 1.29 is 4.79 Å². The fourth-order valence-corrected chi connectivity index (χ4v) is 2.83. The summed E-state index contributed by atoms with van der Waals surface area (Å²) in [4.78, 5) is 12.3. The van der Waals surface area contributed by atoms with Gasteiger partial charge in [0.15, 0.2) is 0 Å². The van der Waals surface area contributed by atoms with E-state index in [0.717, 1.165) is 16.4 Å². The van der Waals surface area contributed by atoms with E-state index in [0.29, 0.717) is 16.5 Å². The minimum Gasteiger partial charge on any atom is -0.345 e. The molecule has 1 rings (SSSR count). The van der Waals surface area contributed by atoms with E-state index >= 15 is 0 Å². The van der Waals surface area contributed by atoms with Gasteiger partial charge in [-0.1, -0.05) is 25.4 Å². The Kier molecular flexibility index (Phi) is 6.21. The molecule has 0 saturated heterocycles. The van der Waals surface area contributed by atoms with Crippen molar-refractivity contribution in [2.75, 3.05) is 5.88 Å². The molecule has 18 heavy (non-hydrogen) atoms. The van der Waals surface area contributed by atoms with Gasteiger partial charge in [0.2, 0.25) is 0 Å². The second kappa shape index (κ2) is 6.96. The Labute approximate surface area is 132 Å². The van der Waals surface area contributed by atoms with Crippen LogP contribution in [-0.2, 0) is 0 Å². The standard InChI is InChI=1S/C13H16Cl2INO/c1-3-13(4-2,8-14)17-12(18)10-7-9(15)5-6-11(10)16/h5-7H,3-4,8H2,1-2H3,(H,17,18). The highest BCUT2D eigenvalue weighted by atomic mass is 127. The topological polar surface area (TPSA) is 29.1 Å². The van der Waals surface area contributed by atoms with Gasteiger partial charge in [-0.3, -0.25) is 4.79 Å². The molecule has 1 aromatic rings. The van der Waals surface area contributed by atoms with E-state index in [-0.39, 0.29) is 11.4 Å². The van der Waals surface area contributed by atoms with Gasteiger partial charge >= 0.3 is 0 Å². The molecule has 0 atom stereocenters. The number of alkyl halides is 1. The van der Waals surface area contributed by atoms with Crippen molar-refractivity contribution in [2.24, 2.45) is 0 Å². The second-order valence-electron chi connectivity index (χ2n) is 4.20. The monoisotopic (exact) mass is 399 g/mol. The first kappa shape index (κ1) is 16.1. The van der Waals surface area contributed by atoms with Crippen molar-refractivity contribution in [1.29, 1.82) is 0 Å². The zero-order valence-electron chi connectivity index (χ0n) is 10.4. The first-order valence-electron chi connectivity index (χ1n) is 5.81. The molecular weight excluding hydrogens is 384 g/mol. The maximum atomic E-state index is 12.3. The second-order valence-corrected chi connectivity index (χ2v) is 6.07. The summed E-state index contributed by atoms with van der Waals surface area (Å²) < 4.78 is 0.880. The summed E-state index contributed by atoms with van der Waals surface area (Å²) in [5, 5.41) is 3.59. The van der Waals surface area contributed by atoms with Crippen LogP contribution in [0.5, 0.6) is 0 Å².